The maximum absolute atomic E-state index is 13.7. The van der Waals surface area contributed by atoms with E-state index in [1.54, 1.807) is 24.4 Å². The fourth-order valence-corrected chi connectivity index (χ4v) is 4.57. The number of halogens is 1. The Labute approximate surface area is 201 Å². The molecule has 0 aliphatic heterocycles. The van der Waals surface area contributed by atoms with E-state index in [0.717, 1.165) is 17.0 Å². The summed E-state index contributed by atoms with van der Waals surface area (Å²) in [6.45, 7) is 1.34. The number of carbonyl (C=O) groups is 4. The molecule has 13 heteroatoms. The van der Waals surface area contributed by atoms with E-state index in [1.807, 2.05) is 0 Å². The number of nitrogens with one attached hydrogen (secondary N) is 1. The number of benzene rings is 1. The van der Waals surface area contributed by atoms with Gasteiger partial charge in [-0.1, -0.05) is 6.07 Å². The summed E-state index contributed by atoms with van der Waals surface area (Å²) in [7, 11) is 0. The number of nitrogens with zero attached hydrogens (tertiary/aromatic N) is 2. The summed E-state index contributed by atoms with van der Waals surface area (Å²) >= 11 is 1.84. The molecule has 178 valence electrons. The number of nitrogens with two attached hydrogens (primary N) is 2. The molecule has 2 heterocycles. The van der Waals surface area contributed by atoms with Crippen LogP contribution in [-0.4, -0.2) is 41.2 Å². The van der Waals surface area contributed by atoms with Gasteiger partial charge in [-0.15, -0.1) is 11.3 Å². The lowest BCUT2D eigenvalue weighted by Gasteiger charge is -2.30. The van der Waals surface area contributed by atoms with Crippen LogP contribution in [0.5, 0.6) is 0 Å². The minimum atomic E-state index is -1.26. The summed E-state index contributed by atoms with van der Waals surface area (Å²) in [6.07, 6.45) is 0. The van der Waals surface area contributed by atoms with Gasteiger partial charge >= 0.3 is 5.97 Å². The first-order valence-corrected chi connectivity index (χ1v) is 11.5. The van der Waals surface area contributed by atoms with Crippen molar-refractivity contribution in [1.82, 2.24) is 9.69 Å². The van der Waals surface area contributed by atoms with Gasteiger partial charge in [0.05, 0.1) is 12.3 Å². The molecule has 0 spiro atoms. The highest BCUT2D eigenvalue weighted by Crippen LogP contribution is 2.34. The number of hydrogen-bond acceptors (Lipinski definition) is 9. The Morgan fingerprint density at radius 1 is 1.21 bits per heavy atom. The smallest absolute Gasteiger partial charge is 0.325 e. The Morgan fingerprint density at radius 2 is 1.91 bits per heavy atom. The van der Waals surface area contributed by atoms with Crippen LogP contribution in [0.2, 0.25) is 0 Å². The molecule has 0 aliphatic carbocycles. The number of anilines is 2. The molecule has 0 bridgehead atoms. The fraction of sp³-hybridized carbons (Fsp3) is 0.190. The van der Waals surface area contributed by atoms with Crippen LogP contribution in [-0.2, 0) is 14.3 Å². The van der Waals surface area contributed by atoms with Crippen LogP contribution in [0.25, 0.3) is 0 Å². The summed E-state index contributed by atoms with van der Waals surface area (Å²) in [4.78, 5) is 51.7. The summed E-state index contributed by atoms with van der Waals surface area (Å²) in [5, 5.41) is 4.18. The summed E-state index contributed by atoms with van der Waals surface area (Å²) in [5.41, 5.74) is 10.9. The van der Waals surface area contributed by atoms with Crippen molar-refractivity contribution in [3.8, 4) is 0 Å². The lowest BCUT2D eigenvalue weighted by molar-refractivity contribution is -0.143. The number of rotatable bonds is 9. The van der Waals surface area contributed by atoms with Crippen LogP contribution in [0.1, 0.15) is 38.0 Å². The number of amides is 3. The van der Waals surface area contributed by atoms with Gasteiger partial charge in [-0.25, -0.2) is 4.39 Å². The molecular formula is C21H20FN5O5S2. The van der Waals surface area contributed by atoms with Crippen molar-refractivity contribution < 1.29 is 28.3 Å². The zero-order chi connectivity index (χ0) is 24.8. The number of thiophene rings is 1. The van der Waals surface area contributed by atoms with Gasteiger partial charge in [0.1, 0.15) is 17.2 Å². The maximum atomic E-state index is 13.7. The van der Waals surface area contributed by atoms with E-state index in [2.05, 4.69) is 9.69 Å². The fourth-order valence-electron chi connectivity index (χ4n) is 3.01. The Hall–Kier alpha value is -3.84. The molecule has 1 aromatic carbocycles. The van der Waals surface area contributed by atoms with Crippen LogP contribution < -0.4 is 21.7 Å². The molecule has 0 saturated heterocycles. The quantitative estimate of drug-likeness (QED) is 0.376. The number of carbonyl (C=O) groups excluding carboxylic acids is 4. The third kappa shape index (κ3) is 5.38. The summed E-state index contributed by atoms with van der Waals surface area (Å²) in [5.74, 6) is -3.57. The van der Waals surface area contributed by atoms with E-state index in [-0.39, 0.29) is 28.6 Å². The number of nitrogen functional groups attached to an aromatic ring is 1. The summed E-state index contributed by atoms with van der Waals surface area (Å²) < 4.78 is 22.3. The average Bonchev–Trinajstić information content (AvgIpc) is 3.46. The molecule has 3 amide bonds. The molecule has 0 fully saturated rings. The van der Waals surface area contributed by atoms with Gasteiger partial charge in [-0.3, -0.25) is 24.1 Å². The first-order valence-electron chi connectivity index (χ1n) is 9.85. The zero-order valence-electron chi connectivity index (χ0n) is 17.8. The topological polar surface area (TPSA) is 158 Å². The highest BCUT2D eigenvalue weighted by molar-refractivity contribution is 7.10. The average molecular weight is 506 g/mol. The van der Waals surface area contributed by atoms with E-state index in [9.17, 15) is 23.6 Å². The maximum Gasteiger partial charge on any atom is 0.325 e. The number of hydrogen-bond donors (Lipinski definition) is 3. The molecule has 10 nitrogen and oxygen atoms in total. The largest absolute Gasteiger partial charge is 0.465 e. The summed E-state index contributed by atoms with van der Waals surface area (Å²) in [6, 6.07) is 6.95. The minimum absolute atomic E-state index is 0.127. The normalized spacial score (nSPS) is 11.5. The van der Waals surface area contributed by atoms with Crippen molar-refractivity contribution in [2.45, 2.75) is 13.0 Å². The predicted octanol–water partition coefficient (Wildman–Crippen LogP) is 2.09. The SMILES string of the molecule is CCOC(=O)CNC(=O)[C@@H](c1cccs1)N(C(=O)c1snc(C(N)=O)c1N)c1ccc(F)cc1. The third-order valence-electron chi connectivity index (χ3n) is 4.51. The highest BCUT2D eigenvalue weighted by Gasteiger charge is 2.36. The van der Waals surface area contributed by atoms with E-state index < -0.39 is 42.1 Å². The lowest BCUT2D eigenvalue weighted by Crippen LogP contribution is -2.45. The lowest BCUT2D eigenvalue weighted by atomic mass is 10.1. The minimum Gasteiger partial charge on any atom is -0.465 e. The van der Waals surface area contributed by atoms with Crippen LogP contribution in [0.4, 0.5) is 15.8 Å². The molecule has 3 rings (SSSR count). The van der Waals surface area contributed by atoms with Gasteiger partial charge in [0.25, 0.3) is 11.8 Å². The van der Waals surface area contributed by atoms with Crippen LogP contribution in [0.3, 0.4) is 0 Å². The second kappa shape index (κ2) is 10.9. The second-order valence-corrected chi connectivity index (χ2v) is 8.48. The van der Waals surface area contributed by atoms with Crippen molar-refractivity contribution in [3.05, 3.63) is 63.0 Å². The standard InChI is InChI=1S/C21H20FN5O5S2/c1-2-32-14(28)10-25-20(30)17(13-4-3-9-33-13)27(12-7-5-11(22)6-8-12)21(31)18-15(23)16(19(24)29)26-34-18/h3-9,17H,2,10,23H2,1H3,(H2,24,29)(H,25,30)/t17-/m1/s1. The number of aromatic nitrogens is 1. The Bertz CT molecular complexity index is 1200. The van der Waals surface area contributed by atoms with Gasteiger partial charge < -0.3 is 21.5 Å². The molecule has 3 aromatic rings. The first-order chi connectivity index (χ1) is 16.2. The van der Waals surface area contributed by atoms with Gasteiger partial charge in [0, 0.05) is 10.6 Å². The Balaban J connectivity index is 2.08. The first kappa shape index (κ1) is 24.8. The molecule has 0 saturated carbocycles. The molecule has 0 radical (unpaired) electrons. The van der Waals surface area contributed by atoms with Crippen molar-refractivity contribution in [1.29, 1.82) is 0 Å². The molecule has 0 unspecified atom stereocenters. The van der Waals surface area contributed by atoms with Crippen molar-refractivity contribution in [2.24, 2.45) is 5.73 Å². The number of ether oxygens (including phenoxy) is 1. The zero-order valence-corrected chi connectivity index (χ0v) is 19.5. The van der Waals surface area contributed by atoms with Crippen molar-refractivity contribution in [2.75, 3.05) is 23.8 Å². The molecule has 2 aromatic heterocycles. The van der Waals surface area contributed by atoms with E-state index >= 15 is 0 Å². The predicted molar refractivity (Wildman–Crippen MR) is 125 cm³/mol. The molecular weight excluding hydrogens is 485 g/mol. The molecule has 0 aliphatic rings. The van der Waals surface area contributed by atoms with E-state index in [0.29, 0.717) is 16.4 Å². The van der Waals surface area contributed by atoms with Crippen LogP contribution in [0.15, 0.2) is 41.8 Å². The number of primary amides is 1. The molecule has 1 atom stereocenters. The molecule has 34 heavy (non-hydrogen) atoms. The van der Waals surface area contributed by atoms with Gasteiger partial charge in [-0.2, -0.15) is 4.37 Å². The Kier molecular flexibility index (Phi) is 7.91. The third-order valence-corrected chi connectivity index (χ3v) is 6.29. The monoisotopic (exact) mass is 505 g/mol. The molecule has 5 N–H and O–H groups in total. The second-order valence-electron chi connectivity index (χ2n) is 6.73. The van der Waals surface area contributed by atoms with Gasteiger partial charge in [0.2, 0.25) is 5.91 Å². The van der Waals surface area contributed by atoms with Gasteiger partial charge in [0.15, 0.2) is 11.7 Å². The van der Waals surface area contributed by atoms with E-state index in [4.69, 9.17) is 16.2 Å². The van der Waals surface area contributed by atoms with Crippen LogP contribution in [0, 0.1) is 5.82 Å². The Morgan fingerprint density at radius 3 is 2.47 bits per heavy atom. The van der Waals surface area contributed by atoms with Crippen LogP contribution >= 0.6 is 22.9 Å². The highest BCUT2D eigenvalue weighted by atomic mass is 32.1. The van der Waals surface area contributed by atoms with Gasteiger partial charge in [-0.05, 0) is 54.2 Å². The van der Waals surface area contributed by atoms with E-state index in [1.165, 1.54) is 23.5 Å². The van der Waals surface area contributed by atoms with Crippen molar-refractivity contribution in [3.63, 3.8) is 0 Å². The van der Waals surface area contributed by atoms with Crippen molar-refractivity contribution >= 4 is 57.9 Å². The number of esters is 1.